The van der Waals surface area contributed by atoms with Crippen LogP contribution in [0.5, 0.6) is 5.75 Å². The largest absolute Gasteiger partial charge is 0.415 e. The van der Waals surface area contributed by atoms with Crippen LogP contribution in [0.1, 0.15) is 5.56 Å². The zero-order chi connectivity index (χ0) is 14.1. The molecule has 0 atom stereocenters. The van der Waals surface area contributed by atoms with E-state index in [1.807, 2.05) is 25.1 Å². The van der Waals surface area contributed by atoms with Crippen LogP contribution in [0.15, 0.2) is 24.3 Å². The Morgan fingerprint density at radius 2 is 1.79 bits per heavy atom. The van der Waals surface area contributed by atoms with E-state index < -0.39 is 0 Å². The molecule has 0 heterocycles. The lowest BCUT2D eigenvalue weighted by Crippen LogP contribution is -2.38. The molecule has 0 aliphatic rings. The summed E-state index contributed by atoms with van der Waals surface area (Å²) in [7, 11) is 3.20. The van der Waals surface area contributed by atoms with Gasteiger partial charge in [0.05, 0.1) is 13.2 Å². The number of carbonyl (C=O) groups excluding carboxylic acids is 1. The van der Waals surface area contributed by atoms with Gasteiger partial charge in [-0.15, -0.1) is 0 Å². The van der Waals surface area contributed by atoms with E-state index in [0.717, 1.165) is 5.56 Å². The Labute approximate surface area is 114 Å². The van der Waals surface area contributed by atoms with Crippen LogP contribution in [-0.4, -0.2) is 51.5 Å². The number of methoxy groups -OCH3 is 2. The van der Waals surface area contributed by atoms with Crippen molar-refractivity contribution in [1.82, 2.24) is 4.90 Å². The number of hydrogen-bond acceptors (Lipinski definition) is 4. The topological polar surface area (TPSA) is 48.0 Å². The summed E-state index contributed by atoms with van der Waals surface area (Å²) in [6.07, 6.45) is -0.389. The average Bonchev–Trinajstić information content (AvgIpc) is 2.38. The molecule has 0 aromatic heterocycles. The number of benzene rings is 1. The zero-order valence-corrected chi connectivity index (χ0v) is 11.7. The number of amides is 1. The summed E-state index contributed by atoms with van der Waals surface area (Å²) in [6, 6.07) is 7.38. The fourth-order valence-electron chi connectivity index (χ4n) is 1.54. The Kier molecular flexibility index (Phi) is 6.92. The Hall–Kier alpha value is -1.59. The van der Waals surface area contributed by atoms with Gasteiger partial charge in [-0.1, -0.05) is 12.1 Å². The SMILES string of the molecule is COCCN(CCOC)C(=O)Oc1cccc(C)c1. The van der Waals surface area contributed by atoms with Crippen molar-refractivity contribution in [2.45, 2.75) is 6.92 Å². The predicted molar refractivity (Wildman–Crippen MR) is 72.5 cm³/mol. The average molecular weight is 267 g/mol. The molecule has 0 aliphatic carbocycles. The van der Waals surface area contributed by atoms with Crippen molar-refractivity contribution in [2.24, 2.45) is 0 Å². The van der Waals surface area contributed by atoms with E-state index >= 15 is 0 Å². The lowest BCUT2D eigenvalue weighted by atomic mass is 10.2. The molecule has 0 unspecified atom stereocenters. The summed E-state index contributed by atoms with van der Waals surface area (Å²) in [5, 5.41) is 0. The van der Waals surface area contributed by atoms with Gasteiger partial charge in [0.1, 0.15) is 5.75 Å². The summed E-state index contributed by atoms with van der Waals surface area (Å²) in [4.78, 5) is 13.6. The predicted octanol–water partition coefficient (Wildman–Crippen LogP) is 2.09. The molecular formula is C14H21NO4. The third-order valence-corrected chi connectivity index (χ3v) is 2.58. The number of rotatable bonds is 7. The number of aryl methyl sites for hydroxylation is 1. The number of ether oxygens (including phenoxy) is 3. The lowest BCUT2D eigenvalue weighted by Gasteiger charge is -2.21. The molecule has 0 bridgehead atoms. The summed E-state index contributed by atoms with van der Waals surface area (Å²) in [5.74, 6) is 0.546. The van der Waals surface area contributed by atoms with Gasteiger partial charge in [0.2, 0.25) is 0 Å². The zero-order valence-electron chi connectivity index (χ0n) is 11.7. The van der Waals surface area contributed by atoms with Crippen molar-refractivity contribution in [2.75, 3.05) is 40.5 Å². The first kappa shape index (κ1) is 15.5. The van der Waals surface area contributed by atoms with Crippen LogP contribution < -0.4 is 4.74 Å². The lowest BCUT2D eigenvalue weighted by molar-refractivity contribution is 0.102. The Bertz CT molecular complexity index is 387. The third kappa shape index (κ3) is 5.72. The van der Waals surface area contributed by atoms with Crippen LogP contribution in [-0.2, 0) is 9.47 Å². The van der Waals surface area contributed by atoms with Crippen LogP contribution in [0, 0.1) is 6.92 Å². The van der Waals surface area contributed by atoms with E-state index in [0.29, 0.717) is 32.1 Å². The number of hydrogen-bond donors (Lipinski definition) is 0. The Morgan fingerprint density at radius 1 is 1.16 bits per heavy atom. The van der Waals surface area contributed by atoms with Gasteiger partial charge < -0.3 is 19.1 Å². The maximum absolute atomic E-state index is 12.0. The van der Waals surface area contributed by atoms with E-state index in [2.05, 4.69) is 0 Å². The van der Waals surface area contributed by atoms with Crippen molar-refractivity contribution >= 4 is 6.09 Å². The van der Waals surface area contributed by atoms with Crippen molar-refractivity contribution in [3.05, 3.63) is 29.8 Å². The molecule has 0 radical (unpaired) electrons. The summed E-state index contributed by atoms with van der Waals surface area (Å²) < 4.78 is 15.3. The highest BCUT2D eigenvalue weighted by Gasteiger charge is 2.15. The van der Waals surface area contributed by atoms with Gasteiger partial charge in [-0.25, -0.2) is 4.79 Å². The van der Waals surface area contributed by atoms with Gasteiger partial charge in [-0.3, -0.25) is 0 Å². The monoisotopic (exact) mass is 267 g/mol. The van der Waals surface area contributed by atoms with Crippen LogP contribution in [0.2, 0.25) is 0 Å². The molecule has 0 fully saturated rings. The highest BCUT2D eigenvalue weighted by molar-refractivity contribution is 5.70. The second-order valence-electron chi connectivity index (χ2n) is 4.16. The van der Waals surface area contributed by atoms with E-state index in [-0.39, 0.29) is 6.09 Å². The molecular weight excluding hydrogens is 246 g/mol. The van der Waals surface area contributed by atoms with Gasteiger partial charge >= 0.3 is 6.09 Å². The molecule has 106 valence electrons. The van der Waals surface area contributed by atoms with E-state index in [1.165, 1.54) is 0 Å². The summed E-state index contributed by atoms with van der Waals surface area (Å²) in [5.41, 5.74) is 1.05. The van der Waals surface area contributed by atoms with Gasteiger partial charge in [0.15, 0.2) is 0 Å². The molecule has 5 nitrogen and oxygen atoms in total. The first-order valence-corrected chi connectivity index (χ1v) is 6.18. The molecule has 0 N–H and O–H groups in total. The smallest absolute Gasteiger partial charge is 0.410 e. The van der Waals surface area contributed by atoms with Gasteiger partial charge in [0, 0.05) is 27.3 Å². The molecule has 1 rings (SSSR count). The van der Waals surface area contributed by atoms with Crippen LogP contribution in [0.4, 0.5) is 4.79 Å². The molecule has 0 saturated carbocycles. The second-order valence-corrected chi connectivity index (χ2v) is 4.16. The van der Waals surface area contributed by atoms with Crippen LogP contribution in [0.3, 0.4) is 0 Å². The van der Waals surface area contributed by atoms with Crippen molar-refractivity contribution in [3.63, 3.8) is 0 Å². The summed E-state index contributed by atoms with van der Waals surface area (Å²) in [6.45, 7) is 3.83. The molecule has 19 heavy (non-hydrogen) atoms. The van der Waals surface area contributed by atoms with Gasteiger partial charge in [0.25, 0.3) is 0 Å². The van der Waals surface area contributed by atoms with Crippen LogP contribution in [0.25, 0.3) is 0 Å². The minimum absolute atomic E-state index is 0.389. The standard InChI is InChI=1S/C14H21NO4/c1-12-5-4-6-13(11-12)19-14(16)15(7-9-17-2)8-10-18-3/h4-6,11H,7-10H2,1-3H3. The minimum atomic E-state index is -0.389. The van der Waals surface area contributed by atoms with Gasteiger partial charge in [-0.05, 0) is 24.6 Å². The summed E-state index contributed by atoms with van der Waals surface area (Å²) >= 11 is 0. The van der Waals surface area contributed by atoms with Crippen LogP contribution >= 0.6 is 0 Å². The molecule has 1 aromatic carbocycles. The first-order chi connectivity index (χ1) is 9.17. The maximum atomic E-state index is 12.0. The van der Waals surface area contributed by atoms with Crippen molar-refractivity contribution < 1.29 is 19.0 Å². The van der Waals surface area contributed by atoms with Gasteiger partial charge in [-0.2, -0.15) is 0 Å². The first-order valence-electron chi connectivity index (χ1n) is 6.18. The maximum Gasteiger partial charge on any atom is 0.415 e. The highest BCUT2D eigenvalue weighted by atomic mass is 16.6. The fourth-order valence-corrected chi connectivity index (χ4v) is 1.54. The van der Waals surface area contributed by atoms with E-state index in [9.17, 15) is 4.79 Å². The molecule has 0 saturated heterocycles. The Morgan fingerprint density at radius 3 is 2.32 bits per heavy atom. The molecule has 5 heteroatoms. The second kappa shape index (κ2) is 8.50. The molecule has 0 aliphatic heterocycles. The quantitative estimate of drug-likeness (QED) is 0.759. The Balaban J connectivity index is 2.59. The van der Waals surface area contributed by atoms with E-state index in [4.69, 9.17) is 14.2 Å². The molecule has 0 spiro atoms. The van der Waals surface area contributed by atoms with E-state index in [1.54, 1.807) is 25.2 Å². The van der Waals surface area contributed by atoms with Crippen molar-refractivity contribution in [3.8, 4) is 5.75 Å². The fraction of sp³-hybridized carbons (Fsp3) is 0.500. The minimum Gasteiger partial charge on any atom is -0.410 e. The van der Waals surface area contributed by atoms with Crippen molar-refractivity contribution in [1.29, 1.82) is 0 Å². The highest BCUT2D eigenvalue weighted by Crippen LogP contribution is 2.13. The number of nitrogens with zero attached hydrogens (tertiary/aromatic N) is 1. The normalized spacial score (nSPS) is 10.3. The number of carbonyl (C=O) groups is 1. The molecule has 1 aromatic rings. The third-order valence-electron chi connectivity index (χ3n) is 2.58. The molecule has 1 amide bonds.